The molecule has 0 saturated heterocycles. The molecule has 29 heavy (non-hydrogen) atoms. The molecule has 3 rings (SSSR count). The van der Waals surface area contributed by atoms with Gasteiger partial charge in [0.25, 0.3) is 15.9 Å². The number of aryl methyl sites for hydroxylation is 1. The molecule has 0 spiro atoms. The molecule has 7 nitrogen and oxygen atoms in total. The Hall–Kier alpha value is -2.49. The van der Waals surface area contributed by atoms with Crippen molar-refractivity contribution in [2.24, 2.45) is 0 Å². The minimum absolute atomic E-state index is 0.0433. The molecule has 2 aromatic carbocycles. The van der Waals surface area contributed by atoms with Crippen molar-refractivity contribution in [3.63, 3.8) is 0 Å². The number of nitrogens with one attached hydrogen (secondary N) is 2. The first kappa shape index (κ1) is 21.2. The molecule has 0 bridgehead atoms. The fraction of sp³-hybridized carbons (Fsp3) is 0.211. The molecule has 0 aliphatic carbocycles. The van der Waals surface area contributed by atoms with E-state index in [-0.39, 0.29) is 10.8 Å². The van der Waals surface area contributed by atoms with Gasteiger partial charge < -0.3 is 0 Å². The number of benzene rings is 2. The van der Waals surface area contributed by atoms with Crippen LogP contribution in [-0.2, 0) is 16.4 Å². The fourth-order valence-corrected chi connectivity index (χ4v) is 4.38. The van der Waals surface area contributed by atoms with Crippen molar-refractivity contribution in [2.75, 3.05) is 10.0 Å². The van der Waals surface area contributed by atoms with Gasteiger partial charge in [0, 0.05) is 22.7 Å². The van der Waals surface area contributed by atoms with Gasteiger partial charge in [-0.3, -0.25) is 14.8 Å². The van der Waals surface area contributed by atoms with Crippen LogP contribution >= 0.6 is 22.9 Å². The first-order valence-electron chi connectivity index (χ1n) is 8.89. The topological polar surface area (TPSA) is 101 Å². The van der Waals surface area contributed by atoms with Crippen molar-refractivity contribution in [3.05, 3.63) is 64.1 Å². The van der Waals surface area contributed by atoms with Gasteiger partial charge in [0.1, 0.15) is 5.01 Å². The van der Waals surface area contributed by atoms with Crippen molar-refractivity contribution in [2.45, 2.75) is 31.1 Å². The number of hydrogen-bond acceptors (Lipinski definition) is 6. The monoisotopic (exact) mass is 450 g/mol. The summed E-state index contributed by atoms with van der Waals surface area (Å²) < 4.78 is 27.4. The lowest BCUT2D eigenvalue weighted by atomic mass is 10.2. The maximum Gasteiger partial charge on any atom is 0.261 e. The summed E-state index contributed by atoms with van der Waals surface area (Å²) in [6, 6.07) is 12.0. The average molecular weight is 451 g/mol. The molecule has 3 aromatic rings. The summed E-state index contributed by atoms with van der Waals surface area (Å²) in [6.07, 6.45) is 2.91. The summed E-state index contributed by atoms with van der Waals surface area (Å²) in [7, 11) is -3.78. The van der Waals surface area contributed by atoms with E-state index in [1.54, 1.807) is 24.3 Å². The second-order valence-electron chi connectivity index (χ2n) is 6.20. The number of nitrogens with zero attached hydrogens (tertiary/aromatic N) is 2. The van der Waals surface area contributed by atoms with Gasteiger partial charge in [-0.2, -0.15) is 0 Å². The zero-order valence-electron chi connectivity index (χ0n) is 15.6. The number of anilines is 2. The largest absolute Gasteiger partial charge is 0.296 e. The number of hydrogen-bond donors (Lipinski definition) is 2. The smallest absolute Gasteiger partial charge is 0.261 e. The Balaban J connectivity index is 1.66. The number of carbonyl (C=O) groups is 1. The van der Waals surface area contributed by atoms with Gasteiger partial charge in [-0.05, 0) is 55.0 Å². The predicted octanol–water partition coefficient (Wildman–Crippen LogP) is 4.59. The molecule has 1 heterocycles. The van der Waals surface area contributed by atoms with Crippen LogP contribution in [0.3, 0.4) is 0 Å². The van der Waals surface area contributed by atoms with E-state index >= 15 is 0 Å². The minimum Gasteiger partial charge on any atom is -0.296 e. The number of halogens is 1. The summed E-state index contributed by atoms with van der Waals surface area (Å²) in [5.41, 5.74) is 0.715. The maximum absolute atomic E-state index is 12.5. The van der Waals surface area contributed by atoms with Crippen LogP contribution in [0.2, 0.25) is 5.02 Å². The van der Waals surface area contributed by atoms with Crippen LogP contribution < -0.4 is 10.0 Å². The SMILES string of the molecule is CCCCc1nnc(NC(=O)c2ccc(S(=O)(=O)Nc3ccc(Cl)cc3)cc2)s1. The molecule has 0 fully saturated rings. The minimum atomic E-state index is -3.78. The highest BCUT2D eigenvalue weighted by Gasteiger charge is 2.16. The first-order valence-corrected chi connectivity index (χ1v) is 11.6. The van der Waals surface area contributed by atoms with Gasteiger partial charge in [0.05, 0.1) is 4.90 Å². The van der Waals surface area contributed by atoms with Crippen molar-refractivity contribution in [1.29, 1.82) is 0 Å². The Morgan fingerprint density at radius 3 is 2.41 bits per heavy atom. The molecule has 0 aliphatic rings. The van der Waals surface area contributed by atoms with E-state index in [4.69, 9.17) is 11.6 Å². The molecule has 0 atom stereocenters. The quantitative estimate of drug-likeness (QED) is 0.522. The lowest BCUT2D eigenvalue weighted by Gasteiger charge is -2.09. The Morgan fingerprint density at radius 1 is 1.07 bits per heavy atom. The van der Waals surface area contributed by atoms with Gasteiger partial charge in [0.15, 0.2) is 0 Å². The number of sulfonamides is 1. The standard InChI is InChI=1S/C19H19ClN4O3S2/c1-2-3-4-17-22-23-19(28-17)21-18(25)13-5-11-16(12-6-13)29(26,27)24-15-9-7-14(20)8-10-15/h5-12,24H,2-4H2,1H3,(H,21,23,25). The average Bonchev–Trinajstić information content (AvgIpc) is 3.15. The summed E-state index contributed by atoms with van der Waals surface area (Å²) in [4.78, 5) is 12.4. The molecule has 0 unspecified atom stereocenters. The molecular formula is C19H19ClN4O3S2. The second kappa shape index (κ2) is 9.34. The van der Waals surface area contributed by atoms with Crippen molar-refractivity contribution < 1.29 is 13.2 Å². The normalized spacial score (nSPS) is 11.2. The van der Waals surface area contributed by atoms with Crippen LogP contribution in [0.1, 0.15) is 35.1 Å². The molecular weight excluding hydrogens is 432 g/mol. The third-order valence-electron chi connectivity index (χ3n) is 3.95. The summed E-state index contributed by atoms with van der Waals surface area (Å²) in [5, 5.41) is 12.5. The molecule has 0 radical (unpaired) electrons. The molecule has 2 N–H and O–H groups in total. The number of aromatic nitrogens is 2. The van der Waals surface area contributed by atoms with E-state index < -0.39 is 10.0 Å². The van der Waals surface area contributed by atoms with Gasteiger partial charge in [-0.1, -0.05) is 36.3 Å². The zero-order chi connectivity index (χ0) is 20.9. The van der Waals surface area contributed by atoms with Gasteiger partial charge in [-0.25, -0.2) is 8.42 Å². The van der Waals surface area contributed by atoms with E-state index in [2.05, 4.69) is 27.2 Å². The van der Waals surface area contributed by atoms with Gasteiger partial charge in [-0.15, -0.1) is 10.2 Å². The van der Waals surface area contributed by atoms with E-state index in [1.165, 1.54) is 35.6 Å². The predicted molar refractivity (Wildman–Crippen MR) is 115 cm³/mol. The molecule has 0 saturated carbocycles. The summed E-state index contributed by atoms with van der Waals surface area (Å²) in [6.45, 7) is 2.10. The second-order valence-corrected chi connectivity index (χ2v) is 9.38. The van der Waals surface area contributed by atoms with Crippen LogP contribution in [0.15, 0.2) is 53.4 Å². The number of amides is 1. The first-order chi connectivity index (χ1) is 13.9. The van der Waals surface area contributed by atoms with Crippen molar-refractivity contribution in [3.8, 4) is 0 Å². The van der Waals surface area contributed by atoms with Crippen LogP contribution in [0, 0.1) is 0 Å². The van der Waals surface area contributed by atoms with Crippen molar-refractivity contribution in [1.82, 2.24) is 10.2 Å². The van der Waals surface area contributed by atoms with Crippen LogP contribution in [0.4, 0.5) is 10.8 Å². The van der Waals surface area contributed by atoms with E-state index in [9.17, 15) is 13.2 Å². The lowest BCUT2D eigenvalue weighted by Crippen LogP contribution is -2.14. The molecule has 0 aliphatic heterocycles. The van der Waals surface area contributed by atoms with Gasteiger partial charge >= 0.3 is 0 Å². The van der Waals surface area contributed by atoms with Gasteiger partial charge in [0.2, 0.25) is 5.13 Å². The lowest BCUT2D eigenvalue weighted by molar-refractivity contribution is 0.102. The van der Waals surface area contributed by atoms with Crippen LogP contribution in [0.5, 0.6) is 0 Å². The van der Waals surface area contributed by atoms with E-state index in [1.807, 2.05) is 0 Å². The Morgan fingerprint density at radius 2 is 1.76 bits per heavy atom. The van der Waals surface area contributed by atoms with Crippen LogP contribution in [-0.4, -0.2) is 24.5 Å². The third kappa shape index (κ3) is 5.75. The maximum atomic E-state index is 12.5. The van der Waals surface area contributed by atoms with E-state index in [0.29, 0.717) is 21.4 Å². The fourth-order valence-electron chi connectivity index (χ4n) is 2.42. The summed E-state index contributed by atoms with van der Waals surface area (Å²) in [5.74, 6) is -0.377. The Labute approximate surface area is 178 Å². The van der Waals surface area contributed by atoms with E-state index in [0.717, 1.165) is 24.3 Å². The number of rotatable bonds is 8. The number of carbonyl (C=O) groups excluding carboxylic acids is 1. The Kier molecular flexibility index (Phi) is 6.83. The zero-order valence-corrected chi connectivity index (χ0v) is 17.9. The highest BCUT2D eigenvalue weighted by atomic mass is 35.5. The Bertz CT molecular complexity index is 1080. The highest BCUT2D eigenvalue weighted by Crippen LogP contribution is 2.20. The number of unbranched alkanes of at least 4 members (excludes halogenated alkanes) is 1. The third-order valence-corrected chi connectivity index (χ3v) is 6.50. The highest BCUT2D eigenvalue weighted by molar-refractivity contribution is 7.92. The molecule has 1 amide bonds. The summed E-state index contributed by atoms with van der Waals surface area (Å²) >= 11 is 7.14. The molecule has 10 heteroatoms. The molecule has 152 valence electrons. The van der Waals surface area contributed by atoms with Crippen LogP contribution in [0.25, 0.3) is 0 Å². The van der Waals surface area contributed by atoms with Crippen molar-refractivity contribution >= 4 is 49.7 Å². The molecule has 1 aromatic heterocycles.